The van der Waals surface area contributed by atoms with Crippen LogP contribution in [0.3, 0.4) is 0 Å². The largest absolute Gasteiger partial charge is 0.490 e. The van der Waals surface area contributed by atoms with Crippen LogP contribution in [0.2, 0.25) is 0 Å². The lowest BCUT2D eigenvalue weighted by Crippen LogP contribution is -2.22. The lowest BCUT2D eigenvalue weighted by Gasteiger charge is -2.10. The van der Waals surface area contributed by atoms with Crippen LogP contribution in [0.4, 0.5) is 5.69 Å². The molecule has 1 aromatic rings. The van der Waals surface area contributed by atoms with Gasteiger partial charge in [0.15, 0.2) is 17.5 Å². The van der Waals surface area contributed by atoms with Crippen molar-refractivity contribution < 1.29 is 9.47 Å². The van der Waals surface area contributed by atoms with Crippen molar-refractivity contribution in [3.05, 3.63) is 18.2 Å². The van der Waals surface area contributed by atoms with Crippen molar-refractivity contribution in [2.45, 2.75) is 19.8 Å². The fraction of sp³-hybridized carbons (Fsp3) is 0.462. The van der Waals surface area contributed by atoms with Gasteiger partial charge in [0.1, 0.15) is 0 Å². The molecule has 0 unspecified atom stereocenters. The van der Waals surface area contributed by atoms with Gasteiger partial charge in [0.25, 0.3) is 0 Å². The zero-order valence-corrected chi connectivity index (χ0v) is 10.6. The van der Waals surface area contributed by atoms with Gasteiger partial charge in [-0.05, 0) is 18.6 Å². The molecule has 0 atom stereocenters. The van der Waals surface area contributed by atoms with Crippen LogP contribution in [-0.2, 0) is 0 Å². The van der Waals surface area contributed by atoms with Crippen molar-refractivity contribution in [1.82, 2.24) is 0 Å². The smallest absolute Gasteiger partial charge is 0.193 e. The standard InChI is InChI=1S/C13H19N3O2/c1-2-6-15-13(14)16-10-4-5-11-12(9-10)18-8-3-7-17-11/h4-5,9H,2-3,6-8H2,1H3,(H3,14,15,16). The summed E-state index contributed by atoms with van der Waals surface area (Å²) in [5, 5.41) is 3.04. The number of nitrogens with two attached hydrogens (primary N) is 1. The third-order valence-corrected chi connectivity index (χ3v) is 2.53. The Kier molecular flexibility index (Phi) is 4.28. The minimum atomic E-state index is 0.423. The van der Waals surface area contributed by atoms with E-state index in [1.807, 2.05) is 18.2 Å². The van der Waals surface area contributed by atoms with Gasteiger partial charge in [0.05, 0.1) is 13.2 Å². The van der Waals surface area contributed by atoms with Crippen molar-refractivity contribution in [3.63, 3.8) is 0 Å². The molecule has 0 fully saturated rings. The van der Waals surface area contributed by atoms with Gasteiger partial charge in [-0.1, -0.05) is 6.92 Å². The second-order valence-corrected chi connectivity index (χ2v) is 4.10. The number of hydrogen-bond donors (Lipinski definition) is 2. The fourth-order valence-electron chi connectivity index (χ4n) is 1.66. The van der Waals surface area contributed by atoms with Gasteiger partial charge in [-0.2, -0.15) is 0 Å². The summed E-state index contributed by atoms with van der Waals surface area (Å²) in [6, 6.07) is 5.67. The van der Waals surface area contributed by atoms with Crippen molar-refractivity contribution in [1.29, 1.82) is 0 Å². The van der Waals surface area contributed by atoms with Crippen LogP contribution in [0.5, 0.6) is 11.5 Å². The van der Waals surface area contributed by atoms with E-state index in [4.69, 9.17) is 15.2 Å². The maximum atomic E-state index is 5.77. The highest BCUT2D eigenvalue weighted by atomic mass is 16.5. The normalized spacial score (nSPS) is 15.1. The molecule has 1 aliphatic heterocycles. The molecule has 1 aromatic carbocycles. The molecule has 18 heavy (non-hydrogen) atoms. The Bertz CT molecular complexity index is 432. The molecule has 5 heteroatoms. The molecule has 0 bridgehead atoms. The number of hydrogen-bond acceptors (Lipinski definition) is 3. The third-order valence-electron chi connectivity index (χ3n) is 2.53. The van der Waals surface area contributed by atoms with Crippen LogP contribution in [0, 0.1) is 0 Å². The first-order valence-corrected chi connectivity index (χ1v) is 6.26. The maximum absolute atomic E-state index is 5.77. The van der Waals surface area contributed by atoms with Gasteiger partial charge in [0.2, 0.25) is 0 Å². The van der Waals surface area contributed by atoms with Crippen molar-refractivity contribution >= 4 is 11.6 Å². The number of anilines is 1. The van der Waals surface area contributed by atoms with E-state index in [1.165, 1.54) is 0 Å². The monoisotopic (exact) mass is 249 g/mol. The van der Waals surface area contributed by atoms with Crippen molar-refractivity contribution in [3.8, 4) is 11.5 Å². The van der Waals surface area contributed by atoms with Gasteiger partial charge in [0, 0.05) is 24.7 Å². The van der Waals surface area contributed by atoms with E-state index in [2.05, 4.69) is 17.2 Å². The summed E-state index contributed by atoms with van der Waals surface area (Å²) in [5.41, 5.74) is 6.62. The molecule has 3 N–H and O–H groups in total. The predicted octanol–water partition coefficient (Wildman–Crippen LogP) is 1.98. The number of aliphatic imine (C=N–C) groups is 1. The van der Waals surface area contributed by atoms with Crippen molar-refractivity contribution in [2.75, 3.05) is 25.1 Å². The molecule has 0 saturated heterocycles. The first-order chi connectivity index (χ1) is 8.79. The van der Waals surface area contributed by atoms with E-state index in [9.17, 15) is 0 Å². The first-order valence-electron chi connectivity index (χ1n) is 6.26. The summed E-state index contributed by atoms with van der Waals surface area (Å²) in [5.74, 6) is 1.95. The zero-order chi connectivity index (χ0) is 12.8. The lowest BCUT2D eigenvalue weighted by molar-refractivity contribution is 0.297. The molecule has 0 amide bonds. The number of guanidine groups is 1. The number of nitrogens with one attached hydrogen (secondary N) is 1. The van der Waals surface area contributed by atoms with E-state index < -0.39 is 0 Å². The molecule has 98 valence electrons. The van der Waals surface area contributed by atoms with Crippen LogP contribution >= 0.6 is 0 Å². The number of ether oxygens (including phenoxy) is 2. The summed E-state index contributed by atoms with van der Waals surface area (Å²) in [7, 11) is 0. The van der Waals surface area contributed by atoms with Gasteiger partial charge in [-0.3, -0.25) is 4.99 Å². The molecule has 0 aromatic heterocycles. The topological polar surface area (TPSA) is 68.9 Å². The highest BCUT2D eigenvalue weighted by molar-refractivity contribution is 5.92. The second-order valence-electron chi connectivity index (χ2n) is 4.10. The Morgan fingerprint density at radius 1 is 1.33 bits per heavy atom. The number of nitrogens with zero attached hydrogens (tertiary/aromatic N) is 1. The Morgan fingerprint density at radius 2 is 2.11 bits per heavy atom. The molecule has 0 radical (unpaired) electrons. The van der Waals surface area contributed by atoms with Crippen LogP contribution in [-0.4, -0.2) is 25.7 Å². The third kappa shape index (κ3) is 3.29. The van der Waals surface area contributed by atoms with Gasteiger partial charge >= 0.3 is 0 Å². The Balaban J connectivity index is 2.08. The van der Waals surface area contributed by atoms with E-state index in [-0.39, 0.29) is 0 Å². The summed E-state index contributed by atoms with van der Waals surface area (Å²) in [4.78, 5) is 4.18. The summed E-state index contributed by atoms with van der Waals surface area (Å²) < 4.78 is 11.2. The summed E-state index contributed by atoms with van der Waals surface area (Å²) >= 11 is 0. The Hall–Kier alpha value is -1.91. The Labute approximate surface area is 107 Å². The number of rotatable bonds is 3. The van der Waals surface area contributed by atoms with E-state index in [0.717, 1.165) is 36.6 Å². The second kappa shape index (κ2) is 6.14. The van der Waals surface area contributed by atoms with E-state index >= 15 is 0 Å². The highest BCUT2D eigenvalue weighted by Crippen LogP contribution is 2.32. The van der Waals surface area contributed by atoms with Crippen molar-refractivity contribution in [2.24, 2.45) is 10.7 Å². The van der Waals surface area contributed by atoms with E-state index in [0.29, 0.717) is 19.2 Å². The number of fused-ring (bicyclic) bond motifs is 1. The molecule has 1 heterocycles. The minimum absolute atomic E-state index is 0.423. The molecular weight excluding hydrogens is 230 g/mol. The molecule has 2 rings (SSSR count). The van der Waals surface area contributed by atoms with Gasteiger partial charge in [-0.15, -0.1) is 0 Å². The van der Waals surface area contributed by atoms with Crippen LogP contribution in [0.25, 0.3) is 0 Å². The SMILES string of the molecule is CCCN=C(N)Nc1ccc2c(c1)OCCCO2. The first kappa shape index (κ1) is 12.5. The Morgan fingerprint density at radius 3 is 2.89 bits per heavy atom. The van der Waals surface area contributed by atoms with Crippen LogP contribution in [0.1, 0.15) is 19.8 Å². The lowest BCUT2D eigenvalue weighted by atomic mass is 10.3. The van der Waals surface area contributed by atoms with Crippen LogP contribution < -0.4 is 20.5 Å². The molecule has 0 spiro atoms. The maximum Gasteiger partial charge on any atom is 0.193 e. The summed E-state index contributed by atoms with van der Waals surface area (Å²) in [6.07, 6.45) is 1.88. The van der Waals surface area contributed by atoms with Gasteiger partial charge < -0.3 is 20.5 Å². The van der Waals surface area contributed by atoms with Gasteiger partial charge in [-0.25, -0.2) is 0 Å². The molecule has 0 aliphatic carbocycles. The van der Waals surface area contributed by atoms with E-state index in [1.54, 1.807) is 0 Å². The van der Waals surface area contributed by atoms with Crippen LogP contribution in [0.15, 0.2) is 23.2 Å². The zero-order valence-electron chi connectivity index (χ0n) is 10.6. The predicted molar refractivity (Wildman–Crippen MR) is 72.5 cm³/mol. The average molecular weight is 249 g/mol. The fourth-order valence-corrected chi connectivity index (χ4v) is 1.66. The highest BCUT2D eigenvalue weighted by Gasteiger charge is 2.10. The average Bonchev–Trinajstić information content (AvgIpc) is 2.61. The molecule has 1 aliphatic rings. The quantitative estimate of drug-likeness (QED) is 0.635. The molecule has 5 nitrogen and oxygen atoms in total. The summed E-state index contributed by atoms with van der Waals surface area (Å²) in [6.45, 7) is 4.16. The molecule has 0 saturated carbocycles. The number of benzene rings is 1. The molecular formula is C13H19N3O2. The minimum Gasteiger partial charge on any atom is -0.490 e.